The molecule has 130 valence electrons. The summed E-state index contributed by atoms with van der Waals surface area (Å²) in [6, 6.07) is 18.5. The zero-order chi connectivity index (χ0) is 18.1. The Morgan fingerprint density at radius 2 is 1.77 bits per heavy atom. The van der Waals surface area contributed by atoms with Gasteiger partial charge in [0.05, 0.1) is 5.39 Å². The Hall–Kier alpha value is -2.72. The van der Waals surface area contributed by atoms with Crippen molar-refractivity contribution < 1.29 is 0 Å². The average molecular weight is 360 g/mol. The minimum absolute atomic E-state index is 0.0647. The molecule has 0 atom stereocenters. The average Bonchev–Trinajstić information content (AvgIpc) is 3.07. The fourth-order valence-corrected chi connectivity index (χ4v) is 4.09. The first kappa shape index (κ1) is 16.7. The van der Waals surface area contributed by atoms with E-state index in [9.17, 15) is 4.79 Å². The van der Waals surface area contributed by atoms with E-state index >= 15 is 0 Å². The highest BCUT2D eigenvalue weighted by Gasteiger charge is 2.13. The molecule has 0 spiro atoms. The van der Waals surface area contributed by atoms with Crippen LogP contribution in [0.1, 0.15) is 36.7 Å². The molecule has 3 nitrogen and oxygen atoms in total. The van der Waals surface area contributed by atoms with Gasteiger partial charge in [-0.1, -0.05) is 68.4 Å². The number of nitrogens with zero attached hydrogens (tertiary/aromatic N) is 1. The van der Waals surface area contributed by atoms with Crippen LogP contribution in [0.25, 0.3) is 21.3 Å². The predicted molar refractivity (Wildman–Crippen MR) is 109 cm³/mol. The fraction of sp³-hybridized carbons (Fsp3) is 0.182. The third-order valence-corrected chi connectivity index (χ3v) is 5.47. The van der Waals surface area contributed by atoms with Gasteiger partial charge in [0.15, 0.2) is 0 Å². The quantitative estimate of drug-likeness (QED) is 0.532. The molecule has 0 saturated heterocycles. The van der Waals surface area contributed by atoms with E-state index < -0.39 is 0 Å². The van der Waals surface area contributed by atoms with Gasteiger partial charge in [0, 0.05) is 17.4 Å². The van der Waals surface area contributed by atoms with Crippen LogP contribution in [0.2, 0.25) is 0 Å². The summed E-state index contributed by atoms with van der Waals surface area (Å²) in [5.74, 6) is 1.20. The summed E-state index contributed by atoms with van der Waals surface area (Å²) in [7, 11) is 0. The molecule has 2 heterocycles. The van der Waals surface area contributed by atoms with Crippen LogP contribution in [-0.4, -0.2) is 9.97 Å². The second-order valence-corrected chi connectivity index (χ2v) is 7.64. The Morgan fingerprint density at radius 3 is 2.46 bits per heavy atom. The normalized spacial score (nSPS) is 11.3. The van der Waals surface area contributed by atoms with Crippen LogP contribution in [0, 0.1) is 0 Å². The number of hydrogen-bond acceptors (Lipinski definition) is 3. The smallest absolute Gasteiger partial charge is 0.260 e. The lowest BCUT2D eigenvalue weighted by atomic mass is 9.99. The molecule has 0 aliphatic carbocycles. The maximum atomic E-state index is 12.7. The maximum Gasteiger partial charge on any atom is 0.260 e. The van der Waals surface area contributed by atoms with Gasteiger partial charge >= 0.3 is 0 Å². The number of benzene rings is 2. The van der Waals surface area contributed by atoms with E-state index in [1.165, 1.54) is 16.9 Å². The topological polar surface area (TPSA) is 45.8 Å². The molecule has 0 radical (unpaired) electrons. The van der Waals surface area contributed by atoms with E-state index in [0.29, 0.717) is 23.5 Å². The van der Waals surface area contributed by atoms with Crippen LogP contribution in [0.15, 0.2) is 64.8 Å². The van der Waals surface area contributed by atoms with E-state index in [0.717, 1.165) is 21.5 Å². The van der Waals surface area contributed by atoms with Gasteiger partial charge in [-0.25, -0.2) is 4.98 Å². The van der Waals surface area contributed by atoms with Crippen molar-refractivity contribution >= 4 is 21.6 Å². The number of thiophene rings is 1. The van der Waals surface area contributed by atoms with Crippen LogP contribution in [0.5, 0.6) is 0 Å². The monoisotopic (exact) mass is 360 g/mol. The zero-order valence-electron chi connectivity index (χ0n) is 14.8. The summed E-state index contributed by atoms with van der Waals surface area (Å²) in [4.78, 5) is 21.2. The van der Waals surface area contributed by atoms with E-state index in [1.807, 2.05) is 35.7 Å². The maximum absolute atomic E-state index is 12.7. The van der Waals surface area contributed by atoms with Crippen LogP contribution in [0.3, 0.4) is 0 Å². The van der Waals surface area contributed by atoms with Gasteiger partial charge in [0.2, 0.25) is 0 Å². The number of fused-ring (bicyclic) bond motifs is 1. The molecule has 4 rings (SSSR count). The Balaban J connectivity index is 1.73. The van der Waals surface area contributed by atoms with Gasteiger partial charge in [-0.05, 0) is 22.6 Å². The Kier molecular flexibility index (Phi) is 4.43. The van der Waals surface area contributed by atoms with Crippen molar-refractivity contribution in [1.29, 1.82) is 0 Å². The molecular formula is C22H20N2OS. The van der Waals surface area contributed by atoms with Crippen molar-refractivity contribution in [3.8, 4) is 11.1 Å². The van der Waals surface area contributed by atoms with Crippen LogP contribution < -0.4 is 5.56 Å². The molecule has 2 aromatic heterocycles. The molecule has 0 amide bonds. The van der Waals surface area contributed by atoms with Crippen molar-refractivity contribution in [2.45, 2.75) is 26.2 Å². The highest BCUT2D eigenvalue weighted by atomic mass is 32.1. The van der Waals surface area contributed by atoms with Crippen LogP contribution >= 0.6 is 11.3 Å². The molecule has 0 fully saturated rings. The van der Waals surface area contributed by atoms with Gasteiger partial charge in [0.25, 0.3) is 5.56 Å². The Bertz CT molecular complexity index is 1090. The first-order valence-electron chi connectivity index (χ1n) is 8.76. The van der Waals surface area contributed by atoms with Crippen molar-refractivity contribution in [1.82, 2.24) is 9.97 Å². The van der Waals surface area contributed by atoms with E-state index in [4.69, 9.17) is 0 Å². The molecule has 1 N–H and O–H groups in total. The third-order valence-electron chi connectivity index (χ3n) is 4.60. The SMILES string of the molecule is CC(C)c1ccc(-c2csc3nc(Cc4ccccc4)[nH]c(=O)c23)cc1. The Labute approximate surface area is 156 Å². The minimum atomic E-state index is -0.0647. The second-order valence-electron chi connectivity index (χ2n) is 6.78. The number of aromatic nitrogens is 2. The van der Waals surface area contributed by atoms with Gasteiger partial charge < -0.3 is 4.98 Å². The molecule has 0 aliphatic heterocycles. The number of rotatable bonds is 4. The zero-order valence-corrected chi connectivity index (χ0v) is 15.6. The highest BCUT2D eigenvalue weighted by molar-refractivity contribution is 7.17. The summed E-state index contributed by atoms with van der Waals surface area (Å²) in [5, 5.41) is 2.72. The minimum Gasteiger partial charge on any atom is -0.310 e. The summed E-state index contributed by atoms with van der Waals surface area (Å²) >= 11 is 1.53. The molecule has 0 bridgehead atoms. The van der Waals surface area contributed by atoms with Crippen molar-refractivity contribution in [2.75, 3.05) is 0 Å². The summed E-state index contributed by atoms with van der Waals surface area (Å²) in [5.41, 5.74) is 4.38. The van der Waals surface area contributed by atoms with Crippen LogP contribution in [0.4, 0.5) is 0 Å². The largest absolute Gasteiger partial charge is 0.310 e. The first-order chi connectivity index (χ1) is 12.6. The Morgan fingerprint density at radius 1 is 1.04 bits per heavy atom. The molecule has 4 heteroatoms. The molecule has 0 aliphatic rings. The lowest BCUT2D eigenvalue weighted by molar-refractivity contribution is 0.867. The fourth-order valence-electron chi connectivity index (χ4n) is 3.13. The number of hydrogen-bond donors (Lipinski definition) is 1. The lowest BCUT2D eigenvalue weighted by Crippen LogP contribution is -2.11. The van der Waals surface area contributed by atoms with Gasteiger partial charge in [-0.2, -0.15) is 0 Å². The van der Waals surface area contributed by atoms with Gasteiger partial charge in [0.1, 0.15) is 10.7 Å². The summed E-state index contributed by atoms with van der Waals surface area (Å²) < 4.78 is 0. The number of H-pyrrole nitrogens is 1. The summed E-state index contributed by atoms with van der Waals surface area (Å²) in [6.07, 6.45) is 0.627. The van der Waals surface area contributed by atoms with Gasteiger partial charge in [-0.15, -0.1) is 11.3 Å². The molecule has 2 aromatic carbocycles. The van der Waals surface area contributed by atoms with Crippen LogP contribution in [-0.2, 0) is 6.42 Å². The number of nitrogens with one attached hydrogen (secondary N) is 1. The molecule has 26 heavy (non-hydrogen) atoms. The predicted octanol–water partition coefficient (Wildman–Crippen LogP) is 5.37. The van der Waals surface area contributed by atoms with E-state index in [1.54, 1.807) is 0 Å². The second kappa shape index (κ2) is 6.89. The van der Waals surface area contributed by atoms with Crippen molar-refractivity contribution in [3.05, 3.63) is 87.3 Å². The van der Waals surface area contributed by atoms with Crippen molar-refractivity contribution in [3.63, 3.8) is 0 Å². The van der Waals surface area contributed by atoms with Crippen molar-refractivity contribution in [2.24, 2.45) is 0 Å². The number of aromatic amines is 1. The summed E-state index contributed by atoms with van der Waals surface area (Å²) in [6.45, 7) is 4.36. The standard InChI is InChI=1S/C22H20N2OS/c1-14(2)16-8-10-17(11-9-16)18-13-26-22-20(18)21(25)23-19(24-22)12-15-6-4-3-5-7-15/h3-11,13-14H,12H2,1-2H3,(H,23,24,25). The lowest BCUT2D eigenvalue weighted by Gasteiger charge is -2.06. The molecule has 4 aromatic rings. The first-order valence-corrected chi connectivity index (χ1v) is 9.64. The van der Waals surface area contributed by atoms with Gasteiger partial charge in [-0.3, -0.25) is 4.79 Å². The highest BCUT2D eigenvalue weighted by Crippen LogP contribution is 2.31. The molecular weight excluding hydrogens is 340 g/mol. The molecule has 0 saturated carbocycles. The van der Waals surface area contributed by atoms with E-state index in [-0.39, 0.29) is 5.56 Å². The third kappa shape index (κ3) is 3.20. The molecule has 0 unspecified atom stereocenters. The van der Waals surface area contributed by atoms with E-state index in [2.05, 4.69) is 48.1 Å².